The third-order valence-corrected chi connectivity index (χ3v) is 6.15. The molecule has 27 heavy (non-hydrogen) atoms. The van der Waals surface area contributed by atoms with Gasteiger partial charge in [-0.25, -0.2) is 0 Å². The number of hydrogen-bond donors (Lipinski definition) is 0. The van der Waals surface area contributed by atoms with Crippen molar-refractivity contribution in [3.8, 4) is 0 Å². The molecule has 0 radical (unpaired) electrons. The van der Waals surface area contributed by atoms with Crippen molar-refractivity contribution in [2.24, 2.45) is 0 Å². The maximum absolute atomic E-state index is 13.2. The summed E-state index contributed by atoms with van der Waals surface area (Å²) in [6.07, 6.45) is 2.18. The van der Waals surface area contributed by atoms with Crippen LogP contribution < -0.4 is 0 Å². The van der Waals surface area contributed by atoms with Crippen molar-refractivity contribution in [2.75, 3.05) is 19.6 Å². The van der Waals surface area contributed by atoms with Crippen molar-refractivity contribution in [1.29, 1.82) is 0 Å². The molecule has 5 heteroatoms. The zero-order chi connectivity index (χ0) is 19.4. The maximum atomic E-state index is 13.2. The topological polar surface area (TPSA) is 40.6 Å². The lowest BCUT2D eigenvalue weighted by Crippen LogP contribution is -2.46. The fraction of sp³-hybridized carbons (Fsp3) is 0.455. The van der Waals surface area contributed by atoms with E-state index in [1.54, 1.807) is 16.2 Å². The van der Waals surface area contributed by atoms with Crippen molar-refractivity contribution in [1.82, 2.24) is 9.80 Å². The number of carbonyl (C=O) groups excluding carboxylic acids is 2. The Morgan fingerprint density at radius 3 is 2.59 bits per heavy atom. The molecule has 0 aliphatic carbocycles. The molecule has 1 aromatic carbocycles. The van der Waals surface area contributed by atoms with Crippen LogP contribution in [-0.4, -0.2) is 41.2 Å². The summed E-state index contributed by atoms with van der Waals surface area (Å²) in [5.41, 5.74) is 3.57. The quantitative estimate of drug-likeness (QED) is 0.750. The fourth-order valence-electron chi connectivity index (χ4n) is 3.73. The van der Waals surface area contributed by atoms with Gasteiger partial charge in [0.15, 0.2) is 0 Å². The van der Waals surface area contributed by atoms with Gasteiger partial charge < -0.3 is 9.80 Å². The Balaban J connectivity index is 1.89. The highest BCUT2D eigenvalue weighted by Crippen LogP contribution is 2.37. The molecule has 0 spiro atoms. The molecule has 1 atom stereocenters. The smallest absolute Gasteiger partial charge is 0.242 e. The lowest BCUT2D eigenvalue weighted by Gasteiger charge is -2.37. The lowest BCUT2D eigenvalue weighted by molar-refractivity contribution is -0.141. The normalized spacial score (nSPS) is 16.1. The molecule has 2 aromatic rings. The predicted octanol–water partition coefficient (Wildman–Crippen LogP) is 4.18. The summed E-state index contributed by atoms with van der Waals surface area (Å²) in [6, 6.07) is 10.5. The van der Waals surface area contributed by atoms with E-state index < -0.39 is 0 Å². The van der Waals surface area contributed by atoms with E-state index in [2.05, 4.69) is 42.6 Å². The van der Waals surface area contributed by atoms with E-state index in [0.29, 0.717) is 19.5 Å². The summed E-state index contributed by atoms with van der Waals surface area (Å²) in [7, 11) is 0. The second-order valence-corrected chi connectivity index (χ2v) is 8.12. The molecule has 0 bridgehead atoms. The molecule has 1 aliphatic rings. The van der Waals surface area contributed by atoms with Gasteiger partial charge in [0.05, 0.1) is 12.6 Å². The van der Waals surface area contributed by atoms with Gasteiger partial charge in [0.1, 0.15) is 0 Å². The Morgan fingerprint density at radius 2 is 1.93 bits per heavy atom. The number of benzene rings is 1. The van der Waals surface area contributed by atoms with Crippen molar-refractivity contribution >= 4 is 23.2 Å². The van der Waals surface area contributed by atoms with Crippen LogP contribution >= 0.6 is 11.3 Å². The minimum atomic E-state index is -0.0618. The van der Waals surface area contributed by atoms with E-state index >= 15 is 0 Å². The van der Waals surface area contributed by atoms with E-state index in [0.717, 1.165) is 18.4 Å². The number of hydrogen-bond acceptors (Lipinski definition) is 3. The Kier molecular flexibility index (Phi) is 6.32. The van der Waals surface area contributed by atoms with Gasteiger partial charge in [-0.1, -0.05) is 43.7 Å². The number of thiophene rings is 1. The van der Waals surface area contributed by atoms with Crippen molar-refractivity contribution < 1.29 is 9.59 Å². The number of rotatable bonds is 6. The zero-order valence-corrected chi connectivity index (χ0v) is 17.2. The molecule has 3 rings (SSSR count). The van der Waals surface area contributed by atoms with Crippen LogP contribution in [0.15, 0.2) is 35.7 Å². The van der Waals surface area contributed by atoms with Gasteiger partial charge in [-0.3, -0.25) is 9.59 Å². The molecule has 0 saturated carbocycles. The van der Waals surface area contributed by atoms with Crippen LogP contribution in [0.5, 0.6) is 0 Å². The van der Waals surface area contributed by atoms with Crippen molar-refractivity contribution in [3.05, 3.63) is 57.3 Å². The van der Waals surface area contributed by atoms with E-state index in [-0.39, 0.29) is 24.4 Å². The number of fused-ring (bicyclic) bond motifs is 1. The second kappa shape index (κ2) is 8.70. The summed E-state index contributed by atoms with van der Waals surface area (Å²) in [5, 5.41) is 2.11. The summed E-state index contributed by atoms with van der Waals surface area (Å²) < 4.78 is 0. The summed E-state index contributed by atoms with van der Waals surface area (Å²) in [5.74, 6) is 0.0815. The first kappa shape index (κ1) is 19.6. The molecule has 1 aromatic heterocycles. The molecule has 0 N–H and O–H groups in total. The molecule has 1 aliphatic heterocycles. The van der Waals surface area contributed by atoms with E-state index in [9.17, 15) is 9.59 Å². The van der Waals surface area contributed by atoms with Crippen LogP contribution in [0.25, 0.3) is 0 Å². The van der Waals surface area contributed by atoms with Crippen LogP contribution in [0.2, 0.25) is 0 Å². The van der Waals surface area contributed by atoms with Gasteiger partial charge in [0.2, 0.25) is 11.8 Å². The van der Waals surface area contributed by atoms with Crippen molar-refractivity contribution in [3.63, 3.8) is 0 Å². The maximum Gasteiger partial charge on any atom is 0.242 e. The third-order valence-electron chi connectivity index (χ3n) is 5.15. The van der Waals surface area contributed by atoms with Crippen LogP contribution in [0.3, 0.4) is 0 Å². The highest BCUT2D eigenvalue weighted by Gasteiger charge is 2.33. The summed E-state index contributed by atoms with van der Waals surface area (Å²) >= 11 is 1.77. The predicted molar refractivity (Wildman–Crippen MR) is 110 cm³/mol. The zero-order valence-electron chi connectivity index (χ0n) is 16.4. The van der Waals surface area contributed by atoms with Crippen LogP contribution in [-0.2, 0) is 16.0 Å². The molecule has 0 fully saturated rings. The van der Waals surface area contributed by atoms with Gasteiger partial charge in [0.25, 0.3) is 0 Å². The monoisotopic (exact) mass is 384 g/mol. The standard InChI is InChI=1S/C22H28N2O2S/c1-4-12-23(20(25)5-2)15-21(26)24-13-10-19-18(11-14-27-19)22(24)17-8-6-16(3)7-9-17/h6-9,11,14,22H,4-5,10,12-13,15H2,1-3H3/t22-/m0/s1. The van der Waals surface area contributed by atoms with Gasteiger partial charge in [0, 0.05) is 24.4 Å². The molecule has 0 unspecified atom stereocenters. The molecular weight excluding hydrogens is 356 g/mol. The largest absolute Gasteiger partial charge is 0.333 e. The first-order chi connectivity index (χ1) is 13.0. The van der Waals surface area contributed by atoms with Gasteiger partial charge >= 0.3 is 0 Å². The van der Waals surface area contributed by atoms with E-state index in [4.69, 9.17) is 0 Å². The average molecular weight is 385 g/mol. The molecule has 0 saturated heterocycles. The minimum absolute atomic E-state index is 0.0349. The Hall–Kier alpha value is -2.14. The first-order valence-corrected chi connectivity index (χ1v) is 10.6. The second-order valence-electron chi connectivity index (χ2n) is 7.12. The molecular formula is C22H28N2O2S. The number of aryl methyl sites for hydroxylation is 1. The highest BCUT2D eigenvalue weighted by molar-refractivity contribution is 7.10. The van der Waals surface area contributed by atoms with Crippen LogP contribution in [0, 0.1) is 6.92 Å². The number of amides is 2. The third kappa shape index (κ3) is 4.24. The van der Waals surface area contributed by atoms with Crippen molar-refractivity contribution in [2.45, 2.75) is 46.1 Å². The number of nitrogens with zero attached hydrogens (tertiary/aromatic N) is 2. The lowest BCUT2D eigenvalue weighted by atomic mass is 9.92. The molecule has 144 valence electrons. The summed E-state index contributed by atoms with van der Waals surface area (Å²) in [4.78, 5) is 30.5. The molecule has 2 amide bonds. The van der Waals surface area contributed by atoms with Gasteiger partial charge in [-0.05, 0) is 42.3 Å². The Labute approximate surface area is 165 Å². The molecule has 4 nitrogen and oxygen atoms in total. The summed E-state index contributed by atoms with van der Waals surface area (Å²) in [6.45, 7) is 7.46. The van der Waals surface area contributed by atoms with E-state index in [1.165, 1.54) is 16.0 Å². The van der Waals surface area contributed by atoms with Gasteiger partial charge in [-0.2, -0.15) is 0 Å². The highest BCUT2D eigenvalue weighted by atomic mass is 32.1. The van der Waals surface area contributed by atoms with Crippen LogP contribution in [0.1, 0.15) is 54.3 Å². The Bertz CT molecular complexity index is 797. The fourth-order valence-corrected chi connectivity index (χ4v) is 4.64. The van der Waals surface area contributed by atoms with Crippen LogP contribution in [0.4, 0.5) is 0 Å². The number of carbonyl (C=O) groups is 2. The first-order valence-electron chi connectivity index (χ1n) is 9.75. The minimum Gasteiger partial charge on any atom is -0.333 e. The van der Waals surface area contributed by atoms with Gasteiger partial charge in [-0.15, -0.1) is 11.3 Å². The van der Waals surface area contributed by atoms with E-state index in [1.807, 2.05) is 18.7 Å². The Morgan fingerprint density at radius 1 is 1.19 bits per heavy atom. The molecule has 2 heterocycles. The SMILES string of the molecule is CCCN(CC(=O)N1CCc2sccc2[C@@H]1c1ccc(C)cc1)C(=O)CC. The average Bonchev–Trinajstić information content (AvgIpc) is 3.15.